The zero-order valence-electron chi connectivity index (χ0n) is 14.9. The van der Waals surface area contributed by atoms with Crippen LogP contribution in [0, 0.1) is 5.41 Å². The molecule has 2 rings (SSSR count). The van der Waals surface area contributed by atoms with E-state index in [4.69, 9.17) is 4.52 Å². The summed E-state index contributed by atoms with van der Waals surface area (Å²) in [5.41, 5.74) is 0.396. The summed E-state index contributed by atoms with van der Waals surface area (Å²) in [5, 5.41) is 7.38. The molecule has 0 atom stereocenters. The molecule has 1 fully saturated rings. The second-order valence-corrected chi connectivity index (χ2v) is 7.45. The molecule has 1 aromatic heterocycles. The molecule has 0 aliphatic carbocycles. The van der Waals surface area contributed by atoms with Gasteiger partial charge in [0.2, 0.25) is 5.89 Å². The molecule has 0 unspecified atom stereocenters. The largest absolute Gasteiger partial charge is 0.356 e. The minimum atomic E-state index is 0.101. The lowest BCUT2D eigenvalue weighted by molar-refractivity contribution is -0.0667. The van der Waals surface area contributed by atoms with Crippen molar-refractivity contribution in [2.24, 2.45) is 10.4 Å². The van der Waals surface area contributed by atoms with Crippen molar-refractivity contribution in [3.63, 3.8) is 0 Å². The van der Waals surface area contributed by atoms with Gasteiger partial charge < -0.3 is 14.7 Å². The summed E-state index contributed by atoms with van der Waals surface area (Å²) >= 11 is 0. The average Bonchev–Trinajstić information content (AvgIpc) is 2.90. The molecule has 1 aliphatic rings. The number of aliphatic imine (C=N–C) groups is 1. The first kappa shape index (κ1) is 16.8. The van der Waals surface area contributed by atoms with Gasteiger partial charge in [0.1, 0.15) is 0 Å². The normalized spacial score (nSPS) is 20.2. The standard InChI is InChI=1S/C16H29N5O/c1-11(2)13-19-12(22-20-13)8-9-18-14(17-7)21-10-15(3,4)16(21,5)6/h11H,8-10H2,1-7H3,(H,17,18). The van der Waals surface area contributed by atoms with Crippen LogP contribution in [0.2, 0.25) is 0 Å². The third-order valence-corrected chi connectivity index (χ3v) is 4.97. The third kappa shape index (κ3) is 2.96. The van der Waals surface area contributed by atoms with Crippen molar-refractivity contribution in [1.29, 1.82) is 0 Å². The molecule has 1 aromatic rings. The lowest BCUT2D eigenvalue weighted by Gasteiger charge is -2.62. The van der Waals surface area contributed by atoms with Gasteiger partial charge in [0.05, 0.1) is 0 Å². The molecule has 1 N–H and O–H groups in total. The Morgan fingerprint density at radius 2 is 2.05 bits per heavy atom. The number of likely N-dealkylation sites (tertiary alicyclic amines) is 1. The molecule has 1 saturated heterocycles. The Hall–Kier alpha value is -1.59. The molecular weight excluding hydrogens is 278 g/mol. The van der Waals surface area contributed by atoms with Gasteiger partial charge in [-0.1, -0.05) is 32.9 Å². The quantitative estimate of drug-likeness (QED) is 0.683. The highest BCUT2D eigenvalue weighted by Gasteiger charge is 2.53. The molecule has 0 bridgehead atoms. The van der Waals surface area contributed by atoms with Crippen LogP contribution in [0.3, 0.4) is 0 Å². The number of rotatable bonds is 4. The van der Waals surface area contributed by atoms with Crippen molar-refractivity contribution < 1.29 is 4.52 Å². The van der Waals surface area contributed by atoms with Gasteiger partial charge in [0.15, 0.2) is 11.8 Å². The summed E-state index contributed by atoms with van der Waals surface area (Å²) in [6.07, 6.45) is 0.705. The van der Waals surface area contributed by atoms with Crippen LogP contribution in [0.4, 0.5) is 0 Å². The molecule has 22 heavy (non-hydrogen) atoms. The highest BCUT2D eigenvalue weighted by atomic mass is 16.5. The van der Waals surface area contributed by atoms with Gasteiger partial charge in [-0.3, -0.25) is 4.99 Å². The van der Waals surface area contributed by atoms with Crippen molar-refractivity contribution in [2.45, 2.75) is 59.4 Å². The molecule has 6 heteroatoms. The van der Waals surface area contributed by atoms with Crippen LogP contribution in [0.1, 0.15) is 59.2 Å². The highest BCUT2D eigenvalue weighted by Crippen LogP contribution is 2.46. The number of hydrogen-bond acceptors (Lipinski definition) is 4. The lowest BCUT2D eigenvalue weighted by atomic mass is 9.65. The van der Waals surface area contributed by atoms with Gasteiger partial charge in [-0.25, -0.2) is 0 Å². The van der Waals surface area contributed by atoms with E-state index in [1.165, 1.54) is 0 Å². The van der Waals surface area contributed by atoms with Crippen LogP contribution >= 0.6 is 0 Å². The van der Waals surface area contributed by atoms with Crippen LogP contribution in [0.15, 0.2) is 9.52 Å². The van der Waals surface area contributed by atoms with Crippen molar-refractivity contribution in [1.82, 2.24) is 20.4 Å². The second-order valence-electron chi connectivity index (χ2n) is 7.45. The van der Waals surface area contributed by atoms with E-state index >= 15 is 0 Å². The summed E-state index contributed by atoms with van der Waals surface area (Å²) in [6, 6.07) is 0. The van der Waals surface area contributed by atoms with Crippen LogP contribution < -0.4 is 5.32 Å². The fraction of sp³-hybridized carbons (Fsp3) is 0.812. The van der Waals surface area contributed by atoms with Crippen molar-refractivity contribution in [2.75, 3.05) is 20.1 Å². The monoisotopic (exact) mass is 307 g/mol. The smallest absolute Gasteiger partial charge is 0.228 e. The maximum atomic E-state index is 5.26. The Morgan fingerprint density at radius 3 is 2.50 bits per heavy atom. The molecule has 6 nitrogen and oxygen atoms in total. The molecule has 2 heterocycles. The fourth-order valence-electron chi connectivity index (χ4n) is 2.58. The minimum Gasteiger partial charge on any atom is -0.356 e. The molecule has 0 saturated carbocycles. The number of guanidine groups is 1. The fourth-order valence-corrected chi connectivity index (χ4v) is 2.58. The van der Waals surface area contributed by atoms with E-state index in [1.54, 1.807) is 0 Å². The summed E-state index contributed by atoms with van der Waals surface area (Å²) in [4.78, 5) is 11.1. The van der Waals surface area contributed by atoms with E-state index in [2.05, 4.69) is 66.9 Å². The lowest BCUT2D eigenvalue weighted by Crippen LogP contribution is -2.72. The molecule has 0 spiro atoms. The van der Waals surface area contributed by atoms with Gasteiger partial charge in [-0.15, -0.1) is 0 Å². The zero-order chi connectivity index (χ0) is 16.5. The zero-order valence-corrected chi connectivity index (χ0v) is 14.9. The molecule has 1 aliphatic heterocycles. The van der Waals surface area contributed by atoms with E-state index in [0.29, 0.717) is 23.6 Å². The predicted molar refractivity (Wildman–Crippen MR) is 88.0 cm³/mol. The SMILES string of the molecule is CN=C(NCCc1nc(C(C)C)no1)N1CC(C)(C)C1(C)C. The Kier molecular flexibility index (Phi) is 4.49. The van der Waals surface area contributed by atoms with E-state index in [0.717, 1.165) is 24.9 Å². The third-order valence-electron chi connectivity index (χ3n) is 4.97. The number of nitrogens with zero attached hydrogens (tertiary/aromatic N) is 4. The van der Waals surface area contributed by atoms with Crippen LogP contribution in [-0.2, 0) is 6.42 Å². The van der Waals surface area contributed by atoms with Crippen LogP contribution in [0.25, 0.3) is 0 Å². The second kappa shape index (κ2) is 5.89. The van der Waals surface area contributed by atoms with E-state index in [1.807, 2.05) is 7.05 Å². The average molecular weight is 307 g/mol. The molecule has 0 amide bonds. The number of hydrogen-bond donors (Lipinski definition) is 1. The summed E-state index contributed by atoms with van der Waals surface area (Å²) in [7, 11) is 1.83. The van der Waals surface area contributed by atoms with Crippen molar-refractivity contribution in [3.05, 3.63) is 11.7 Å². The predicted octanol–water partition coefficient (Wildman–Crippen LogP) is 2.43. The topological polar surface area (TPSA) is 66.5 Å². The maximum Gasteiger partial charge on any atom is 0.228 e. The maximum absolute atomic E-state index is 5.26. The Bertz CT molecular complexity index is 544. The van der Waals surface area contributed by atoms with Crippen molar-refractivity contribution in [3.8, 4) is 0 Å². The Balaban J connectivity index is 1.88. The Morgan fingerprint density at radius 1 is 1.36 bits per heavy atom. The Labute approximate surface area is 133 Å². The van der Waals surface area contributed by atoms with Gasteiger partial charge in [-0.05, 0) is 13.8 Å². The number of nitrogens with one attached hydrogen (secondary N) is 1. The number of aromatic nitrogens is 2. The van der Waals surface area contributed by atoms with Crippen LogP contribution in [0.5, 0.6) is 0 Å². The summed E-state index contributed by atoms with van der Waals surface area (Å²) in [5.74, 6) is 2.68. The van der Waals surface area contributed by atoms with Gasteiger partial charge >= 0.3 is 0 Å². The minimum absolute atomic E-state index is 0.101. The summed E-state index contributed by atoms with van der Waals surface area (Å²) < 4.78 is 5.26. The summed E-state index contributed by atoms with van der Waals surface area (Å²) in [6.45, 7) is 15.0. The first-order chi connectivity index (χ1) is 10.2. The first-order valence-corrected chi connectivity index (χ1v) is 8.00. The molecular formula is C16H29N5O. The van der Waals surface area contributed by atoms with Crippen molar-refractivity contribution >= 4 is 5.96 Å². The van der Waals surface area contributed by atoms with E-state index in [9.17, 15) is 0 Å². The highest BCUT2D eigenvalue weighted by molar-refractivity contribution is 5.82. The molecule has 124 valence electrons. The first-order valence-electron chi connectivity index (χ1n) is 8.00. The van der Waals surface area contributed by atoms with Gasteiger partial charge in [0.25, 0.3) is 0 Å². The van der Waals surface area contributed by atoms with E-state index < -0.39 is 0 Å². The van der Waals surface area contributed by atoms with Crippen LogP contribution in [-0.4, -0.2) is 46.7 Å². The molecule has 0 aromatic carbocycles. The molecule has 0 radical (unpaired) electrons. The van der Waals surface area contributed by atoms with E-state index in [-0.39, 0.29) is 5.54 Å². The van der Waals surface area contributed by atoms with Gasteiger partial charge in [0, 0.05) is 43.4 Å². The van der Waals surface area contributed by atoms with Gasteiger partial charge in [-0.2, -0.15) is 4.98 Å².